The first-order chi connectivity index (χ1) is 7.26. The molecule has 0 spiro atoms. The number of ether oxygens (including phenoxy) is 1. The molecule has 4 N–H and O–H groups in total. The topological polar surface area (TPSA) is 67.5 Å². The second-order valence-electron chi connectivity index (χ2n) is 2.89. The third-order valence-corrected chi connectivity index (χ3v) is 2.68. The van der Waals surface area contributed by atoms with Crippen LogP contribution in [-0.2, 0) is 0 Å². The summed E-state index contributed by atoms with van der Waals surface area (Å²) in [5.74, 6) is 1.45. The second-order valence-corrected chi connectivity index (χ2v) is 4.14. The number of hydrogen-bond acceptors (Lipinski definition) is 5. The highest BCUT2D eigenvalue weighted by Crippen LogP contribution is 2.17. The molecule has 1 aromatic rings. The molecule has 0 aromatic heterocycles. The first-order valence-corrected chi connectivity index (χ1v) is 5.70. The van der Waals surface area contributed by atoms with E-state index in [9.17, 15) is 0 Å². The zero-order valence-electron chi connectivity index (χ0n) is 8.64. The summed E-state index contributed by atoms with van der Waals surface area (Å²) in [6.07, 6.45) is 0. The Bertz CT molecular complexity index is 279. The maximum atomic E-state index is 8.63. The van der Waals surface area contributed by atoms with E-state index >= 15 is 0 Å². The third-order valence-electron chi connectivity index (χ3n) is 1.79. The summed E-state index contributed by atoms with van der Waals surface area (Å²) in [5, 5.41) is 11.7. The van der Waals surface area contributed by atoms with Gasteiger partial charge in [-0.25, -0.2) is 0 Å². The average molecular weight is 228 g/mol. The molecular formula is C10H16N2O2S. The lowest BCUT2D eigenvalue weighted by Crippen LogP contribution is -2.26. The predicted octanol–water partition coefficient (Wildman–Crippen LogP) is 1.07. The number of aliphatic hydroxyl groups excluding tert-OH is 1. The van der Waals surface area contributed by atoms with E-state index in [-0.39, 0.29) is 12.1 Å². The standard InChI is InChI=1S/C10H16N2O2S/c1-14-9-4-2-8(3-5-9)12-10(11)15-7-6-13/h2-5,10,12-13H,6-7,11H2,1H3. The first-order valence-electron chi connectivity index (χ1n) is 4.65. The maximum absolute atomic E-state index is 8.63. The third kappa shape index (κ3) is 4.42. The molecule has 0 bridgehead atoms. The van der Waals surface area contributed by atoms with Crippen molar-refractivity contribution in [1.82, 2.24) is 0 Å². The summed E-state index contributed by atoms with van der Waals surface area (Å²) >= 11 is 1.47. The second kappa shape index (κ2) is 6.55. The number of hydrogen-bond donors (Lipinski definition) is 3. The van der Waals surface area contributed by atoms with E-state index < -0.39 is 0 Å². The van der Waals surface area contributed by atoms with Crippen molar-refractivity contribution in [2.24, 2.45) is 5.73 Å². The molecule has 0 radical (unpaired) electrons. The van der Waals surface area contributed by atoms with E-state index in [0.717, 1.165) is 11.4 Å². The molecule has 1 rings (SSSR count). The Hall–Kier alpha value is -0.910. The van der Waals surface area contributed by atoms with Crippen molar-refractivity contribution in [3.8, 4) is 5.75 Å². The molecule has 0 aliphatic carbocycles. The van der Waals surface area contributed by atoms with Gasteiger partial charge in [-0.3, -0.25) is 0 Å². The number of nitrogens with one attached hydrogen (secondary N) is 1. The van der Waals surface area contributed by atoms with Crippen molar-refractivity contribution in [3.05, 3.63) is 24.3 Å². The van der Waals surface area contributed by atoms with Gasteiger partial charge in [0.1, 0.15) is 11.2 Å². The van der Waals surface area contributed by atoms with Gasteiger partial charge < -0.3 is 20.9 Å². The van der Waals surface area contributed by atoms with Crippen LogP contribution in [0.4, 0.5) is 5.69 Å². The monoisotopic (exact) mass is 228 g/mol. The minimum atomic E-state index is -0.203. The Labute approximate surface area is 93.8 Å². The van der Waals surface area contributed by atoms with Crippen LogP contribution in [0, 0.1) is 0 Å². The lowest BCUT2D eigenvalue weighted by molar-refractivity contribution is 0.322. The van der Waals surface area contributed by atoms with Crippen molar-refractivity contribution in [2.45, 2.75) is 5.50 Å². The number of thioether (sulfide) groups is 1. The van der Waals surface area contributed by atoms with Crippen molar-refractivity contribution in [1.29, 1.82) is 0 Å². The molecule has 1 unspecified atom stereocenters. The van der Waals surface area contributed by atoms with Gasteiger partial charge in [0.2, 0.25) is 0 Å². The lowest BCUT2D eigenvalue weighted by Gasteiger charge is -2.14. The van der Waals surface area contributed by atoms with Crippen LogP contribution in [0.2, 0.25) is 0 Å². The normalized spacial score (nSPS) is 12.2. The fourth-order valence-corrected chi connectivity index (χ4v) is 1.65. The Morgan fingerprint density at radius 1 is 1.47 bits per heavy atom. The molecule has 0 saturated heterocycles. The zero-order valence-corrected chi connectivity index (χ0v) is 9.46. The minimum Gasteiger partial charge on any atom is -0.497 e. The van der Waals surface area contributed by atoms with Crippen LogP contribution in [0.3, 0.4) is 0 Å². The predicted molar refractivity (Wildman–Crippen MR) is 64.1 cm³/mol. The summed E-state index contributed by atoms with van der Waals surface area (Å²) < 4.78 is 5.04. The highest BCUT2D eigenvalue weighted by atomic mass is 32.2. The van der Waals surface area contributed by atoms with E-state index in [2.05, 4.69) is 5.32 Å². The average Bonchev–Trinajstić information content (AvgIpc) is 2.27. The molecule has 0 aliphatic rings. The largest absolute Gasteiger partial charge is 0.497 e. The molecule has 0 saturated carbocycles. The Kier molecular flexibility index (Phi) is 5.31. The smallest absolute Gasteiger partial charge is 0.123 e. The zero-order chi connectivity index (χ0) is 11.1. The Morgan fingerprint density at radius 2 is 2.13 bits per heavy atom. The van der Waals surface area contributed by atoms with Gasteiger partial charge in [-0.05, 0) is 24.3 Å². The van der Waals surface area contributed by atoms with E-state index in [4.69, 9.17) is 15.6 Å². The van der Waals surface area contributed by atoms with Gasteiger partial charge in [-0.1, -0.05) is 0 Å². The quantitative estimate of drug-likeness (QED) is 0.636. The maximum Gasteiger partial charge on any atom is 0.123 e. The Morgan fingerprint density at radius 3 is 2.67 bits per heavy atom. The van der Waals surface area contributed by atoms with Gasteiger partial charge in [-0.2, -0.15) is 0 Å². The van der Waals surface area contributed by atoms with Gasteiger partial charge in [0, 0.05) is 11.4 Å². The van der Waals surface area contributed by atoms with Gasteiger partial charge >= 0.3 is 0 Å². The molecule has 1 atom stereocenters. The summed E-state index contributed by atoms with van der Waals surface area (Å²) in [6, 6.07) is 7.54. The van der Waals surface area contributed by atoms with Gasteiger partial charge in [0.15, 0.2) is 0 Å². The van der Waals surface area contributed by atoms with Crippen LogP contribution in [-0.4, -0.2) is 30.1 Å². The number of aliphatic hydroxyl groups is 1. The SMILES string of the molecule is COc1ccc(NC(N)SCCO)cc1. The molecule has 4 nitrogen and oxygen atoms in total. The summed E-state index contributed by atoms with van der Waals surface area (Å²) in [6.45, 7) is 0.142. The summed E-state index contributed by atoms with van der Waals surface area (Å²) in [5.41, 5.74) is 6.51. The van der Waals surface area contributed by atoms with Crippen LogP contribution in [0.15, 0.2) is 24.3 Å². The van der Waals surface area contributed by atoms with E-state index in [1.165, 1.54) is 11.8 Å². The van der Waals surface area contributed by atoms with Crippen LogP contribution in [0.5, 0.6) is 5.75 Å². The molecule has 0 heterocycles. The molecule has 0 amide bonds. The number of benzene rings is 1. The van der Waals surface area contributed by atoms with Crippen LogP contribution in [0.25, 0.3) is 0 Å². The van der Waals surface area contributed by atoms with E-state index in [0.29, 0.717) is 5.75 Å². The van der Waals surface area contributed by atoms with Crippen molar-refractivity contribution in [3.63, 3.8) is 0 Å². The highest BCUT2D eigenvalue weighted by molar-refractivity contribution is 7.99. The van der Waals surface area contributed by atoms with Gasteiger partial charge in [0.05, 0.1) is 13.7 Å². The number of methoxy groups -OCH3 is 1. The molecule has 1 aromatic carbocycles. The van der Waals surface area contributed by atoms with Crippen molar-refractivity contribution >= 4 is 17.4 Å². The van der Waals surface area contributed by atoms with Crippen LogP contribution >= 0.6 is 11.8 Å². The molecule has 84 valence electrons. The number of anilines is 1. The van der Waals surface area contributed by atoms with E-state index in [1.807, 2.05) is 24.3 Å². The van der Waals surface area contributed by atoms with E-state index in [1.54, 1.807) is 7.11 Å². The first kappa shape index (κ1) is 12.2. The van der Waals surface area contributed by atoms with Gasteiger partial charge in [0.25, 0.3) is 0 Å². The number of nitrogens with two attached hydrogens (primary N) is 1. The number of rotatable bonds is 6. The fourth-order valence-electron chi connectivity index (χ4n) is 1.07. The summed E-state index contributed by atoms with van der Waals surface area (Å²) in [4.78, 5) is 0. The molecular weight excluding hydrogens is 212 g/mol. The Balaban J connectivity index is 2.42. The highest BCUT2D eigenvalue weighted by Gasteiger charge is 2.01. The summed E-state index contributed by atoms with van der Waals surface area (Å²) in [7, 11) is 1.63. The van der Waals surface area contributed by atoms with Crippen LogP contribution < -0.4 is 15.8 Å². The van der Waals surface area contributed by atoms with Crippen molar-refractivity contribution in [2.75, 3.05) is 24.8 Å². The van der Waals surface area contributed by atoms with Gasteiger partial charge in [-0.15, -0.1) is 11.8 Å². The molecule has 5 heteroatoms. The lowest BCUT2D eigenvalue weighted by atomic mass is 10.3. The minimum absolute atomic E-state index is 0.142. The van der Waals surface area contributed by atoms with Crippen molar-refractivity contribution < 1.29 is 9.84 Å². The van der Waals surface area contributed by atoms with Crippen LogP contribution in [0.1, 0.15) is 0 Å². The fraction of sp³-hybridized carbons (Fsp3) is 0.400. The molecule has 15 heavy (non-hydrogen) atoms. The molecule has 0 aliphatic heterocycles. The molecule has 0 fully saturated rings.